The highest BCUT2D eigenvalue weighted by molar-refractivity contribution is 5.83. The van der Waals surface area contributed by atoms with Crippen LogP contribution in [0.5, 0.6) is 0 Å². The Balaban J connectivity index is 2.13. The Morgan fingerprint density at radius 2 is 1.88 bits per heavy atom. The van der Waals surface area contributed by atoms with Gasteiger partial charge in [-0.1, -0.05) is 27.7 Å². The molecule has 0 heterocycles. The summed E-state index contributed by atoms with van der Waals surface area (Å²) in [5.41, 5.74) is 1.28. The molecule has 4 atom stereocenters. The molecule has 0 aromatic carbocycles. The largest absolute Gasteiger partial charge is 0.299 e. The zero-order chi connectivity index (χ0) is 11.8. The number of rotatable bonds is 0. The zero-order valence-electron chi connectivity index (χ0n) is 11.1. The van der Waals surface area contributed by atoms with Crippen molar-refractivity contribution in [1.82, 2.24) is 0 Å². The molecule has 2 bridgehead atoms. The van der Waals surface area contributed by atoms with Crippen molar-refractivity contribution in [3.63, 3.8) is 0 Å². The molecular formula is C15H24O. The molecule has 3 saturated carbocycles. The highest BCUT2D eigenvalue weighted by atomic mass is 16.1. The first-order valence-corrected chi connectivity index (χ1v) is 6.86. The standard InChI is InChI=1S/C15H24O/c1-10-11(16)5-7-14(4)12-6-8-15(10,14)9-13(12,2)3/h10,12H,5-9H2,1-4H3/t10-,12-,14-,15+/m0/s1. The summed E-state index contributed by atoms with van der Waals surface area (Å²) in [5, 5.41) is 0. The highest BCUT2D eigenvalue weighted by Gasteiger charge is 2.71. The van der Waals surface area contributed by atoms with E-state index in [-0.39, 0.29) is 0 Å². The van der Waals surface area contributed by atoms with Gasteiger partial charge in [-0.3, -0.25) is 4.79 Å². The Bertz CT molecular complexity index is 356. The van der Waals surface area contributed by atoms with Crippen LogP contribution in [0, 0.1) is 28.1 Å². The minimum atomic E-state index is 0.318. The van der Waals surface area contributed by atoms with Gasteiger partial charge in [0.05, 0.1) is 0 Å². The maximum atomic E-state index is 12.1. The van der Waals surface area contributed by atoms with E-state index in [2.05, 4.69) is 27.7 Å². The molecule has 0 unspecified atom stereocenters. The van der Waals surface area contributed by atoms with Gasteiger partial charge in [-0.2, -0.15) is 0 Å². The van der Waals surface area contributed by atoms with Crippen molar-refractivity contribution in [2.45, 2.75) is 59.8 Å². The second kappa shape index (κ2) is 2.73. The van der Waals surface area contributed by atoms with Crippen molar-refractivity contribution in [1.29, 1.82) is 0 Å². The van der Waals surface area contributed by atoms with E-state index in [1.807, 2.05) is 0 Å². The summed E-state index contributed by atoms with van der Waals surface area (Å²) in [4.78, 5) is 12.1. The summed E-state index contributed by atoms with van der Waals surface area (Å²) < 4.78 is 0. The molecule has 0 saturated heterocycles. The SMILES string of the molecule is C[C@H]1C(=O)CC[C@@]2(C)[C@H]3CC[C@@]12CC3(C)C. The third-order valence-electron chi connectivity index (χ3n) is 6.70. The summed E-state index contributed by atoms with van der Waals surface area (Å²) in [6.45, 7) is 9.56. The predicted molar refractivity (Wildman–Crippen MR) is 65.1 cm³/mol. The van der Waals surface area contributed by atoms with E-state index in [4.69, 9.17) is 0 Å². The summed E-state index contributed by atoms with van der Waals surface area (Å²) in [6, 6.07) is 0. The molecule has 0 aromatic rings. The van der Waals surface area contributed by atoms with Crippen molar-refractivity contribution in [3.05, 3.63) is 0 Å². The monoisotopic (exact) mass is 220 g/mol. The van der Waals surface area contributed by atoms with Crippen LogP contribution in [0.25, 0.3) is 0 Å². The van der Waals surface area contributed by atoms with Gasteiger partial charge < -0.3 is 0 Å². The van der Waals surface area contributed by atoms with Crippen molar-refractivity contribution in [2.75, 3.05) is 0 Å². The van der Waals surface area contributed by atoms with Crippen LogP contribution in [0.2, 0.25) is 0 Å². The lowest BCUT2D eigenvalue weighted by atomic mass is 9.55. The topological polar surface area (TPSA) is 17.1 Å². The third-order valence-corrected chi connectivity index (χ3v) is 6.70. The number of carbonyl (C=O) groups excluding carboxylic acids is 1. The normalized spacial score (nSPS) is 54.1. The molecular weight excluding hydrogens is 196 g/mol. The summed E-state index contributed by atoms with van der Waals surface area (Å²) in [5.74, 6) is 1.71. The van der Waals surface area contributed by atoms with Crippen molar-refractivity contribution >= 4 is 5.78 Å². The smallest absolute Gasteiger partial charge is 0.136 e. The molecule has 0 aliphatic heterocycles. The van der Waals surface area contributed by atoms with E-state index >= 15 is 0 Å². The Labute approximate surface area is 99.0 Å². The van der Waals surface area contributed by atoms with Gasteiger partial charge in [0.25, 0.3) is 0 Å². The van der Waals surface area contributed by atoms with Crippen LogP contribution in [0.4, 0.5) is 0 Å². The zero-order valence-corrected chi connectivity index (χ0v) is 11.1. The lowest BCUT2D eigenvalue weighted by Gasteiger charge is -2.48. The molecule has 3 rings (SSSR count). The van der Waals surface area contributed by atoms with Crippen LogP contribution >= 0.6 is 0 Å². The number of hydrogen-bond acceptors (Lipinski definition) is 1. The molecule has 3 aliphatic carbocycles. The predicted octanol–water partition coefficient (Wildman–Crippen LogP) is 3.82. The highest BCUT2D eigenvalue weighted by Crippen LogP contribution is 2.77. The van der Waals surface area contributed by atoms with E-state index in [1.54, 1.807) is 0 Å². The van der Waals surface area contributed by atoms with E-state index in [1.165, 1.54) is 19.3 Å². The summed E-state index contributed by atoms with van der Waals surface area (Å²) >= 11 is 0. The summed E-state index contributed by atoms with van der Waals surface area (Å²) in [7, 11) is 0. The second-order valence-electron chi connectivity index (χ2n) is 7.52. The molecule has 3 aliphatic rings. The van der Waals surface area contributed by atoms with Crippen molar-refractivity contribution in [3.8, 4) is 0 Å². The number of carbonyl (C=O) groups is 1. The fraction of sp³-hybridized carbons (Fsp3) is 0.933. The van der Waals surface area contributed by atoms with Gasteiger partial charge in [0.15, 0.2) is 0 Å². The van der Waals surface area contributed by atoms with Crippen molar-refractivity contribution < 1.29 is 4.79 Å². The molecule has 90 valence electrons. The van der Waals surface area contributed by atoms with E-state index in [0.29, 0.717) is 27.9 Å². The van der Waals surface area contributed by atoms with E-state index < -0.39 is 0 Å². The third kappa shape index (κ3) is 0.926. The fourth-order valence-corrected chi connectivity index (χ4v) is 6.03. The second-order valence-corrected chi connectivity index (χ2v) is 7.52. The van der Waals surface area contributed by atoms with Crippen LogP contribution in [0.15, 0.2) is 0 Å². The first kappa shape index (κ1) is 10.8. The molecule has 0 radical (unpaired) electrons. The maximum absolute atomic E-state index is 12.1. The van der Waals surface area contributed by atoms with Gasteiger partial charge in [0.1, 0.15) is 5.78 Å². The molecule has 0 N–H and O–H groups in total. The van der Waals surface area contributed by atoms with Crippen LogP contribution in [-0.2, 0) is 4.79 Å². The Hall–Kier alpha value is -0.330. The average molecular weight is 220 g/mol. The molecule has 3 fully saturated rings. The first-order chi connectivity index (χ1) is 7.33. The average Bonchev–Trinajstić information content (AvgIpc) is 2.57. The van der Waals surface area contributed by atoms with Gasteiger partial charge in [-0.25, -0.2) is 0 Å². The fourth-order valence-electron chi connectivity index (χ4n) is 6.03. The van der Waals surface area contributed by atoms with Crippen LogP contribution in [0.3, 0.4) is 0 Å². The Morgan fingerprint density at radius 1 is 1.19 bits per heavy atom. The molecule has 1 heteroatoms. The maximum Gasteiger partial charge on any atom is 0.136 e. The van der Waals surface area contributed by atoms with Gasteiger partial charge in [-0.05, 0) is 47.8 Å². The number of ketones is 1. The van der Waals surface area contributed by atoms with Crippen LogP contribution in [0.1, 0.15) is 59.8 Å². The first-order valence-electron chi connectivity index (χ1n) is 6.86. The Morgan fingerprint density at radius 3 is 2.50 bits per heavy atom. The Kier molecular flexibility index (Phi) is 1.85. The lowest BCUT2D eigenvalue weighted by Crippen LogP contribution is -2.46. The van der Waals surface area contributed by atoms with Gasteiger partial charge >= 0.3 is 0 Å². The van der Waals surface area contributed by atoms with Crippen molar-refractivity contribution in [2.24, 2.45) is 28.1 Å². The van der Waals surface area contributed by atoms with Crippen LogP contribution < -0.4 is 0 Å². The minimum Gasteiger partial charge on any atom is -0.299 e. The lowest BCUT2D eigenvalue weighted by molar-refractivity contribution is -0.136. The van der Waals surface area contributed by atoms with E-state index in [9.17, 15) is 4.79 Å². The quantitative estimate of drug-likeness (QED) is 0.606. The van der Waals surface area contributed by atoms with Gasteiger partial charge in [0, 0.05) is 12.3 Å². The molecule has 0 amide bonds. The number of Topliss-reactive ketones (excluding diaryl/α,β-unsaturated/α-hetero) is 1. The molecule has 0 spiro atoms. The van der Waals surface area contributed by atoms with E-state index in [0.717, 1.165) is 18.8 Å². The number of hydrogen-bond donors (Lipinski definition) is 0. The van der Waals surface area contributed by atoms with Gasteiger partial charge in [-0.15, -0.1) is 0 Å². The molecule has 1 nitrogen and oxygen atoms in total. The summed E-state index contributed by atoms with van der Waals surface area (Å²) in [6.07, 6.45) is 5.95. The molecule has 16 heavy (non-hydrogen) atoms. The molecule has 0 aromatic heterocycles. The van der Waals surface area contributed by atoms with Gasteiger partial charge in [0.2, 0.25) is 0 Å². The minimum absolute atomic E-state index is 0.318. The van der Waals surface area contributed by atoms with Crippen LogP contribution in [-0.4, -0.2) is 5.78 Å².